The maximum absolute atomic E-state index is 12.6. The monoisotopic (exact) mass is 322 g/mol. The molecule has 1 fully saturated rings. The second kappa shape index (κ2) is 8.86. The molecule has 1 aliphatic rings. The van der Waals surface area contributed by atoms with Gasteiger partial charge < -0.3 is 19.5 Å². The molecule has 6 nitrogen and oxygen atoms in total. The van der Waals surface area contributed by atoms with E-state index in [1.165, 1.54) is 6.07 Å². The van der Waals surface area contributed by atoms with E-state index in [-0.39, 0.29) is 17.1 Å². The number of nitrogens with zero attached hydrogens (tertiary/aromatic N) is 2. The van der Waals surface area contributed by atoms with E-state index in [1.807, 2.05) is 6.92 Å². The van der Waals surface area contributed by atoms with Crippen molar-refractivity contribution in [1.29, 1.82) is 0 Å². The van der Waals surface area contributed by atoms with Crippen LogP contribution in [0, 0.1) is 0 Å². The summed E-state index contributed by atoms with van der Waals surface area (Å²) in [6, 6.07) is 4.91. The van der Waals surface area contributed by atoms with Crippen molar-refractivity contribution in [2.45, 2.75) is 6.92 Å². The number of carbonyl (C=O) groups excluding carboxylic acids is 1. The fourth-order valence-electron chi connectivity index (χ4n) is 2.56. The van der Waals surface area contributed by atoms with Crippen LogP contribution in [-0.2, 0) is 4.74 Å². The SMILES string of the molecule is CCOCCOc1cccc(O)c1C(=O)CN1CCN(C)CC1. The lowest BCUT2D eigenvalue weighted by atomic mass is 10.1. The molecule has 0 aromatic heterocycles. The molecule has 1 heterocycles. The minimum atomic E-state index is -0.112. The smallest absolute Gasteiger partial charge is 0.184 e. The third-order valence-electron chi connectivity index (χ3n) is 3.94. The molecule has 6 heteroatoms. The Morgan fingerprint density at radius 1 is 1.22 bits per heavy atom. The molecule has 23 heavy (non-hydrogen) atoms. The first-order chi connectivity index (χ1) is 11.1. The van der Waals surface area contributed by atoms with E-state index in [9.17, 15) is 9.90 Å². The zero-order valence-corrected chi connectivity index (χ0v) is 14.0. The van der Waals surface area contributed by atoms with Crippen molar-refractivity contribution >= 4 is 5.78 Å². The Bertz CT molecular complexity index is 513. The first-order valence-electron chi connectivity index (χ1n) is 8.08. The van der Waals surface area contributed by atoms with Gasteiger partial charge in [0, 0.05) is 32.8 Å². The van der Waals surface area contributed by atoms with Crippen LogP contribution in [0.25, 0.3) is 0 Å². The van der Waals surface area contributed by atoms with Gasteiger partial charge in [0.15, 0.2) is 5.78 Å². The number of likely N-dealkylation sites (N-methyl/N-ethyl adjacent to an activating group) is 1. The normalized spacial score (nSPS) is 16.4. The first-order valence-corrected chi connectivity index (χ1v) is 8.08. The summed E-state index contributed by atoms with van der Waals surface area (Å²) < 4.78 is 10.8. The molecular weight excluding hydrogens is 296 g/mol. The van der Waals surface area contributed by atoms with Crippen LogP contribution in [0.4, 0.5) is 0 Å². The molecule has 0 unspecified atom stereocenters. The number of aromatic hydroxyl groups is 1. The molecule has 0 spiro atoms. The van der Waals surface area contributed by atoms with Crippen LogP contribution in [0.5, 0.6) is 11.5 Å². The summed E-state index contributed by atoms with van der Waals surface area (Å²) in [5.41, 5.74) is 0.267. The van der Waals surface area contributed by atoms with Gasteiger partial charge in [-0.15, -0.1) is 0 Å². The number of carbonyl (C=O) groups is 1. The largest absolute Gasteiger partial charge is 0.507 e. The number of ether oxygens (including phenoxy) is 2. The molecule has 1 N–H and O–H groups in total. The van der Waals surface area contributed by atoms with Crippen molar-refractivity contribution in [2.24, 2.45) is 0 Å². The molecule has 1 aromatic carbocycles. The summed E-state index contributed by atoms with van der Waals surface area (Å²) in [6.45, 7) is 7.26. The number of hydrogen-bond donors (Lipinski definition) is 1. The Balaban J connectivity index is 2.00. The number of piperazine rings is 1. The van der Waals surface area contributed by atoms with Gasteiger partial charge in [0.1, 0.15) is 23.7 Å². The predicted molar refractivity (Wildman–Crippen MR) is 88.4 cm³/mol. The van der Waals surface area contributed by atoms with E-state index in [0.29, 0.717) is 32.1 Å². The molecule has 1 aliphatic heterocycles. The van der Waals surface area contributed by atoms with E-state index in [4.69, 9.17) is 9.47 Å². The first kappa shape index (κ1) is 17.7. The Hall–Kier alpha value is -1.63. The third-order valence-corrected chi connectivity index (χ3v) is 3.94. The molecule has 128 valence electrons. The van der Waals surface area contributed by atoms with Gasteiger partial charge >= 0.3 is 0 Å². The number of ketones is 1. The second-order valence-electron chi connectivity index (χ2n) is 5.70. The number of rotatable bonds is 8. The van der Waals surface area contributed by atoms with Crippen molar-refractivity contribution in [2.75, 3.05) is 59.6 Å². The van der Waals surface area contributed by atoms with Crippen molar-refractivity contribution in [3.05, 3.63) is 23.8 Å². The molecule has 1 saturated heterocycles. The summed E-state index contributed by atoms with van der Waals surface area (Å²) >= 11 is 0. The van der Waals surface area contributed by atoms with Gasteiger partial charge in [-0.25, -0.2) is 0 Å². The second-order valence-corrected chi connectivity index (χ2v) is 5.70. The van der Waals surface area contributed by atoms with E-state index in [0.717, 1.165) is 26.2 Å². The molecule has 0 bridgehead atoms. The maximum Gasteiger partial charge on any atom is 0.184 e. The topological polar surface area (TPSA) is 62.2 Å². The van der Waals surface area contributed by atoms with E-state index in [1.54, 1.807) is 12.1 Å². The van der Waals surface area contributed by atoms with Crippen molar-refractivity contribution in [3.63, 3.8) is 0 Å². The lowest BCUT2D eigenvalue weighted by molar-refractivity contribution is 0.0861. The molecule has 0 amide bonds. The molecule has 1 aromatic rings. The highest BCUT2D eigenvalue weighted by molar-refractivity contribution is 6.02. The van der Waals surface area contributed by atoms with Crippen LogP contribution in [0.1, 0.15) is 17.3 Å². The van der Waals surface area contributed by atoms with E-state index >= 15 is 0 Å². The van der Waals surface area contributed by atoms with Crippen LogP contribution >= 0.6 is 0 Å². The van der Waals surface area contributed by atoms with Crippen molar-refractivity contribution in [3.8, 4) is 11.5 Å². The summed E-state index contributed by atoms with van der Waals surface area (Å²) in [5.74, 6) is 0.279. The number of phenols is 1. The number of hydrogen-bond acceptors (Lipinski definition) is 6. The molecular formula is C17H26N2O4. The van der Waals surface area contributed by atoms with Crippen LogP contribution in [0.15, 0.2) is 18.2 Å². The molecule has 0 saturated carbocycles. The summed E-state index contributed by atoms with van der Waals surface area (Å²) in [7, 11) is 2.08. The lowest BCUT2D eigenvalue weighted by Crippen LogP contribution is -2.46. The van der Waals surface area contributed by atoms with Gasteiger partial charge in [-0.1, -0.05) is 6.07 Å². The summed E-state index contributed by atoms with van der Waals surface area (Å²) in [6.07, 6.45) is 0. The van der Waals surface area contributed by atoms with E-state index < -0.39 is 0 Å². The molecule has 0 atom stereocenters. The molecule has 0 aliphatic carbocycles. The number of benzene rings is 1. The van der Waals surface area contributed by atoms with Crippen LogP contribution in [0.2, 0.25) is 0 Å². The highest BCUT2D eigenvalue weighted by Gasteiger charge is 2.22. The highest BCUT2D eigenvalue weighted by atomic mass is 16.5. The van der Waals surface area contributed by atoms with Gasteiger partial charge in [-0.05, 0) is 26.1 Å². The van der Waals surface area contributed by atoms with Crippen LogP contribution < -0.4 is 4.74 Å². The van der Waals surface area contributed by atoms with E-state index in [2.05, 4.69) is 16.8 Å². The van der Waals surface area contributed by atoms with Gasteiger partial charge in [0.2, 0.25) is 0 Å². The zero-order valence-electron chi connectivity index (χ0n) is 14.0. The highest BCUT2D eigenvalue weighted by Crippen LogP contribution is 2.28. The minimum Gasteiger partial charge on any atom is -0.507 e. The molecule has 0 radical (unpaired) electrons. The quantitative estimate of drug-likeness (QED) is 0.574. The third kappa shape index (κ3) is 5.20. The number of phenolic OH excluding ortho intramolecular Hbond substituents is 1. The number of Topliss-reactive ketones (excluding diaryl/α,β-unsaturated/α-hetero) is 1. The lowest BCUT2D eigenvalue weighted by Gasteiger charge is -2.31. The van der Waals surface area contributed by atoms with Gasteiger partial charge in [0.25, 0.3) is 0 Å². The Morgan fingerprint density at radius 2 is 1.96 bits per heavy atom. The van der Waals surface area contributed by atoms with Crippen LogP contribution in [-0.4, -0.2) is 80.3 Å². The maximum atomic E-state index is 12.6. The van der Waals surface area contributed by atoms with Gasteiger partial charge in [-0.2, -0.15) is 0 Å². The predicted octanol–water partition coefficient (Wildman–Crippen LogP) is 1.24. The van der Waals surface area contributed by atoms with Crippen LogP contribution in [0.3, 0.4) is 0 Å². The average Bonchev–Trinajstić information content (AvgIpc) is 2.54. The zero-order chi connectivity index (χ0) is 16.7. The average molecular weight is 322 g/mol. The Labute approximate surface area is 137 Å². The van der Waals surface area contributed by atoms with Gasteiger partial charge in [0.05, 0.1) is 13.2 Å². The standard InChI is InChI=1S/C17H26N2O4/c1-3-22-11-12-23-16-6-4-5-14(20)17(16)15(21)13-19-9-7-18(2)8-10-19/h4-6,20H,3,7-13H2,1-2H3. The Kier molecular flexibility index (Phi) is 6.83. The summed E-state index contributed by atoms with van der Waals surface area (Å²) in [4.78, 5) is 16.9. The minimum absolute atomic E-state index is 0.0296. The fraction of sp³-hybridized carbons (Fsp3) is 0.588. The van der Waals surface area contributed by atoms with Gasteiger partial charge in [-0.3, -0.25) is 9.69 Å². The molecule has 2 rings (SSSR count). The summed E-state index contributed by atoms with van der Waals surface area (Å²) in [5, 5.41) is 10.1. The Morgan fingerprint density at radius 3 is 2.65 bits per heavy atom. The van der Waals surface area contributed by atoms with Crippen molar-refractivity contribution in [1.82, 2.24) is 9.80 Å². The van der Waals surface area contributed by atoms with Crippen molar-refractivity contribution < 1.29 is 19.4 Å². The fourth-order valence-corrected chi connectivity index (χ4v) is 2.56.